The Morgan fingerprint density at radius 2 is 1.73 bits per heavy atom. The lowest BCUT2D eigenvalue weighted by Crippen LogP contribution is -2.16. The van der Waals surface area contributed by atoms with Crippen LogP contribution >= 0.6 is 11.8 Å². The average molecular weight is 484 g/mol. The van der Waals surface area contributed by atoms with Crippen molar-refractivity contribution in [2.45, 2.75) is 10.1 Å². The van der Waals surface area contributed by atoms with E-state index < -0.39 is 10.0 Å². The highest BCUT2D eigenvalue weighted by atomic mass is 32.2. The number of benzene rings is 3. The number of nitrogens with two attached hydrogens (primary N) is 1. The summed E-state index contributed by atoms with van der Waals surface area (Å²) in [5.41, 5.74) is 1.76. The first-order valence-corrected chi connectivity index (χ1v) is 12.2. The summed E-state index contributed by atoms with van der Waals surface area (Å²) in [4.78, 5) is 12.4. The fourth-order valence-corrected chi connectivity index (χ4v) is 4.35. The zero-order valence-electron chi connectivity index (χ0n) is 17.1. The number of nitrogens with one attached hydrogen (secondary N) is 1. The van der Waals surface area contributed by atoms with E-state index in [1.807, 2.05) is 30.3 Å². The monoisotopic (exact) mass is 483 g/mol. The molecular formula is C22H18FN5O3S2. The molecule has 0 saturated carbocycles. The third kappa shape index (κ3) is 5.45. The molecule has 0 saturated heterocycles. The lowest BCUT2D eigenvalue weighted by Gasteiger charge is -2.10. The summed E-state index contributed by atoms with van der Waals surface area (Å²) in [5, 5.41) is 16.7. The summed E-state index contributed by atoms with van der Waals surface area (Å²) in [7, 11) is -3.88. The van der Waals surface area contributed by atoms with Gasteiger partial charge < -0.3 is 5.32 Å². The standard InChI is InChI=1S/C22H18FN5O3S2/c23-16-11-9-15(10-12-16)21-26-27-22(28(21)18-6-2-1-3-7-18)32-14-20(29)25-17-5-4-8-19(13-17)33(24,30)31/h1-13H,14H2,(H,25,29)(H2,24,30,31). The molecule has 0 aliphatic heterocycles. The Balaban J connectivity index is 1.56. The Bertz CT molecular complexity index is 1390. The molecule has 33 heavy (non-hydrogen) atoms. The van der Waals surface area contributed by atoms with Gasteiger partial charge in [0.2, 0.25) is 15.9 Å². The highest BCUT2D eigenvalue weighted by Crippen LogP contribution is 2.28. The number of sulfonamides is 1. The van der Waals surface area contributed by atoms with Gasteiger partial charge in [0.15, 0.2) is 11.0 Å². The molecule has 0 fully saturated rings. The minimum absolute atomic E-state index is 0.00596. The first-order valence-electron chi connectivity index (χ1n) is 9.63. The molecule has 0 aliphatic rings. The molecule has 4 aromatic rings. The molecule has 1 amide bonds. The van der Waals surface area contributed by atoms with Gasteiger partial charge in [-0.3, -0.25) is 9.36 Å². The minimum Gasteiger partial charge on any atom is -0.325 e. The van der Waals surface area contributed by atoms with Crippen LogP contribution in [0.25, 0.3) is 17.1 Å². The van der Waals surface area contributed by atoms with Crippen molar-refractivity contribution in [1.29, 1.82) is 0 Å². The fraction of sp³-hybridized carbons (Fsp3) is 0.0455. The Kier molecular flexibility index (Phi) is 6.54. The summed E-state index contributed by atoms with van der Waals surface area (Å²) in [6.07, 6.45) is 0. The lowest BCUT2D eigenvalue weighted by molar-refractivity contribution is -0.113. The van der Waals surface area contributed by atoms with E-state index in [1.165, 1.54) is 30.3 Å². The van der Waals surface area contributed by atoms with Gasteiger partial charge in [-0.1, -0.05) is 36.0 Å². The van der Waals surface area contributed by atoms with Crippen molar-refractivity contribution in [3.63, 3.8) is 0 Å². The Labute approximate surface area is 193 Å². The van der Waals surface area contributed by atoms with Crippen LogP contribution in [0.4, 0.5) is 10.1 Å². The fourth-order valence-electron chi connectivity index (χ4n) is 3.04. The predicted octanol–water partition coefficient (Wildman–Crippen LogP) is 3.45. The van der Waals surface area contributed by atoms with Crippen molar-refractivity contribution in [3.05, 3.63) is 84.7 Å². The summed E-state index contributed by atoms with van der Waals surface area (Å²) in [6, 6.07) is 20.9. The normalized spacial score (nSPS) is 11.3. The number of primary sulfonamides is 1. The van der Waals surface area contributed by atoms with Gasteiger partial charge >= 0.3 is 0 Å². The molecule has 1 aromatic heterocycles. The molecule has 3 N–H and O–H groups in total. The van der Waals surface area contributed by atoms with Gasteiger partial charge in [-0.25, -0.2) is 17.9 Å². The summed E-state index contributed by atoms with van der Waals surface area (Å²) in [5.74, 6) is -0.224. The highest BCUT2D eigenvalue weighted by molar-refractivity contribution is 7.99. The number of rotatable bonds is 7. The number of thioether (sulfide) groups is 1. The molecule has 4 rings (SSSR count). The number of anilines is 1. The number of halogens is 1. The van der Waals surface area contributed by atoms with Crippen LogP contribution in [0, 0.1) is 5.82 Å². The number of carbonyl (C=O) groups excluding carboxylic acids is 1. The second kappa shape index (κ2) is 9.53. The summed E-state index contributed by atoms with van der Waals surface area (Å²) in [6.45, 7) is 0. The first-order chi connectivity index (χ1) is 15.8. The van der Waals surface area contributed by atoms with Crippen molar-refractivity contribution in [1.82, 2.24) is 14.8 Å². The van der Waals surface area contributed by atoms with Crippen molar-refractivity contribution in [3.8, 4) is 17.1 Å². The summed E-state index contributed by atoms with van der Waals surface area (Å²) >= 11 is 1.16. The van der Waals surface area contributed by atoms with E-state index in [9.17, 15) is 17.6 Å². The number of nitrogens with zero attached hydrogens (tertiary/aromatic N) is 3. The second-order valence-electron chi connectivity index (χ2n) is 6.89. The van der Waals surface area contributed by atoms with Crippen LogP contribution in [-0.4, -0.2) is 34.8 Å². The number of aromatic nitrogens is 3. The zero-order valence-corrected chi connectivity index (χ0v) is 18.7. The summed E-state index contributed by atoms with van der Waals surface area (Å²) < 4.78 is 38.2. The quantitative estimate of drug-likeness (QED) is 0.389. The van der Waals surface area contributed by atoms with E-state index in [-0.39, 0.29) is 22.4 Å². The molecular weight excluding hydrogens is 465 g/mol. The number of carbonyl (C=O) groups is 1. The van der Waals surface area contributed by atoms with Gasteiger partial charge in [-0.2, -0.15) is 0 Å². The smallest absolute Gasteiger partial charge is 0.238 e. The molecule has 0 aliphatic carbocycles. The maximum atomic E-state index is 13.4. The van der Waals surface area contributed by atoms with Gasteiger partial charge in [0, 0.05) is 16.9 Å². The number of hydrogen-bond donors (Lipinski definition) is 2. The van der Waals surface area contributed by atoms with Crippen LogP contribution in [0.5, 0.6) is 0 Å². The number of para-hydroxylation sites is 1. The maximum Gasteiger partial charge on any atom is 0.238 e. The molecule has 0 unspecified atom stereocenters. The van der Waals surface area contributed by atoms with Crippen molar-refractivity contribution in [2.24, 2.45) is 5.14 Å². The van der Waals surface area contributed by atoms with Crippen LogP contribution in [0.3, 0.4) is 0 Å². The first kappa shape index (κ1) is 22.6. The Morgan fingerprint density at radius 1 is 1.00 bits per heavy atom. The molecule has 0 bridgehead atoms. The Morgan fingerprint density at radius 3 is 2.42 bits per heavy atom. The van der Waals surface area contributed by atoms with Gasteiger partial charge in [0.25, 0.3) is 0 Å². The van der Waals surface area contributed by atoms with E-state index in [0.717, 1.165) is 17.4 Å². The highest BCUT2D eigenvalue weighted by Gasteiger charge is 2.18. The van der Waals surface area contributed by atoms with E-state index in [1.54, 1.807) is 22.8 Å². The molecule has 0 radical (unpaired) electrons. The topological polar surface area (TPSA) is 120 Å². The molecule has 0 spiro atoms. The molecule has 1 heterocycles. The third-order valence-electron chi connectivity index (χ3n) is 4.53. The lowest BCUT2D eigenvalue weighted by atomic mass is 10.2. The van der Waals surface area contributed by atoms with Gasteiger partial charge in [-0.15, -0.1) is 10.2 Å². The van der Waals surface area contributed by atoms with Crippen LogP contribution in [0.2, 0.25) is 0 Å². The minimum atomic E-state index is -3.88. The second-order valence-corrected chi connectivity index (χ2v) is 9.40. The van der Waals surface area contributed by atoms with Crippen molar-refractivity contribution < 1.29 is 17.6 Å². The van der Waals surface area contributed by atoms with Crippen LogP contribution in [-0.2, 0) is 14.8 Å². The SMILES string of the molecule is NS(=O)(=O)c1cccc(NC(=O)CSc2nnc(-c3ccc(F)cc3)n2-c2ccccc2)c1. The molecule has 168 valence electrons. The molecule has 11 heteroatoms. The predicted molar refractivity (Wildman–Crippen MR) is 124 cm³/mol. The molecule has 0 atom stereocenters. The Hall–Kier alpha value is -3.54. The van der Waals surface area contributed by atoms with E-state index in [4.69, 9.17) is 5.14 Å². The zero-order chi connectivity index (χ0) is 23.4. The van der Waals surface area contributed by atoms with Crippen LogP contribution in [0.1, 0.15) is 0 Å². The van der Waals surface area contributed by atoms with Crippen molar-refractivity contribution in [2.75, 3.05) is 11.1 Å². The van der Waals surface area contributed by atoms with E-state index in [2.05, 4.69) is 15.5 Å². The van der Waals surface area contributed by atoms with E-state index in [0.29, 0.717) is 22.2 Å². The van der Waals surface area contributed by atoms with Gasteiger partial charge in [0.05, 0.1) is 10.6 Å². The average Bonchev–Trinajstić information content (AvgIpc) is 3.22. The molecule has 8 nitrogen and oxygen atoms in total. The van der Waals surface area contributed by atoms with E-state index >= 15 is 0 Å². The van der Waals surface area contributed by atoms with Crippen LogP contribution < -0.4 is 10.5 Å². The maximum absolute atomic E-state index is 13.4. The number of amides is 1. The third-order valence-corrected chi connectivity index (χ3v) is 6.37. The van der Waals surface area contributed by atoms with Crippen molar-refractivity contribution >= 4 is 33.4 Å². The largest absolute Gasteiger partial charge is 0.325 e. The van der Waals surface area contributed by atoms with Gasteiger partial charge in [-0.05, 0) is 54.6 Å². The van der Waals surface area contributed by atoms with Crippen LogP contribution in [0.15, 0.2) is 88.9 Å². The molecule has 3 aromatic carbocycles. The van der Waals surface area contributed by atoms with Gasteiger partial charge in [0.1, 0.15) is 5.82 Å². The number of hydrogen-bond acceptors (Lipinski definition) is 6.